The molecule has 0 bridgehead atoms. The summed E-state index contributed by atoms with van der Waals surface area (Å²) in [6.45, 7) is 6.08. The van der Waals surface area contributed by atoms with Crippen molar-refractivity contribution in [3.05, 3.63) is 64.9 Å². The number of amides is 1. The number of nitrogens with one attached hydrogen (secondary N) is 1. The lowest BCUT2D eigenvalue weighted by Crippen LogP contribution is -2.14. The molecule has 22 heavy (non-hydrogen) atoms. The van der Waals surface area contributed by atoms with Crippen molar-refractivity contribution in [2.24, 2.45) is 0 Å². The Labute approximate surface area is 130 Å². The van der Waals surface area contributed by atoms with E-state index in [0.717, 1.165) is 33.3 Å². The summed E-state index contributed by atoms with van der Waals surface area (Å²) < 4.78 is 5.66. The van der Waals surface area contributed by atoms with E-state index in [1.165, 1.54) is 5.56 Å². The second kappa shape index (κ2) is 5.68. The third-order valence-electron chi connectivity index (χ3n) is 4.11. The highest BCUT2D eigenvalue weighted by atomic mass is 16.3. The zero-order chi connectivity index (χ0) is 15.7. The minimum atomic E-state index is -0.0322. The Hall–Kier alpha value is -2.55. The number of carbonyl (C=O) groups is 1. The van der Waals surface area contributed by atoms with Crippen LogP contribution in [0.25, 0.3) is 11.0 Å². The van der Waals surface area contributed by atoms with Crippen molar-refractivity contribution in [1.82, 2.24) is 0 Å². The predicted octanol–water partition coefficient (Wildman–Crippen LogP) is 4.54. The van der Waals surface area contributed by atoms with Crippen LogP contribution in [0.15, 0.2) is 47.1 Å². The Bertz CT molecular complexity index is 846. The van der Waals surface area contributed by atoms with E-state index >= 15 is 0 Å². The lowest BCUT2D eigenvalue weighted by Gasteiger charge is -2.07. The first-order chi connectivity index (χ1) is 10.6. The third-order valence-corrected chi connectivity index (χ3v) is 4.11. The summed E-state index contributed by atoms with van der Waals surface area (Å²) >= 11 is 0. The molecule has 1 aromatic heterocycles. The molecule has 0 radical (unpaired) electrons. The molecule has 1 N–H and O–H groups in total. The summed E-state index contributed by atoms with van der Waals surface area (Å²) in [4.78, 5) is 12.3. The van der Waals surface area contributed by atoms with E-state index in [9.17, 15) is 4.79 Å². The largest absolute Gasteiger partial charge is 0.464 e. The Kier molecular flexibility index (Phi) is 3.72. The highest BCUT2D eigenvalue weighted by molar-refractivity contribution is 5.96. The Morgan fingerprint density at radius 1 is 1.05 bits per heavy atom. The molecule has 112 valence electrons. The zero-order valence-corrected chi connectivity index (χ0v) is 13.1. The summed E-state index contributed by atoms with van der Waals surface area (Å²) in [7, 11) is 0. The standard InChI is InChI=1S/C19H19NO2/c1-12-8-9-16-15(11-22-19(16)14(12)3)10-18(21)20-17-7-5-4-6-13(17)2/h4-9,11H,10H2,1-3H3,(H,20,21). The van der Waals surface area contributed by atoms with E-state index in [-0.39, 0.29) is 5.91 Å². The van der Waals surface area contributed by atoms with Gasteiger partial charge in [-0.3, -0.25) is 4.79 Å². The van der Waals surface area contributed by atoms with Crippen molar-refractivity contribution < 1.29 is 9.21 Å². The second-order valence-corrected chi connectivity index (χ2v) is 5.68. The molecule has 0 atom stereocenters. The number of aryl methyl sites for hydroxylation is 3. The van der Waals surface area contributed by atoms with E-state index in [1.54, 1.807) is 6.26 Å². The average molecular weight is 293 g/mol. The summed E-state index contributed by atoms with van der Waals surface area (Å²) in [6, 6.07) is 11.9. The molecule has 0 unspecified atom stereocenters. The highest BCUT2D eigenvalue weighted by Crippen LogP contribution is 2.27. The number of hydrogen-bond donors (Lipinski definition) is 1. The molecule has 0 fully saturated rings. The summed E-state index contributed by atoms with van der Waals surface area (Å²) in [5.41, 5.74) is 6.02. The molecule has 3 rings (SSSR count). The van der Waals surface area contributed by atoms with Crippen LogP contribution in [0.2, 0.25) is 0 Å². The Morgan fingerprint density at radius 2 is 1.82 bits per heavy atom. The van der Waals surface area contributed by atoms with Gasteiger partial charge in [0.15, 0.2) is 0 Å². The molecular formula is C19H19NO2. The molecule has 1 heterocycles. The molecule has 0 saturated carbocycles. The van der Waals surface area contributed by atoms with Crippen LogP contribution < -0.4 is 5.32 Å². The van der Waals surface area contributed by atoms with Gasteiger partial charge in [0.05, 0.1) is 12.7 Å². The van der Waals surface area contributed by atoms with E-state index in [4.69, 9.17) is 4.42 Å². The van der Waals surface area contributed by atoms with Gasteiger partial charge in [0.1, 0.15) is 5.58 Å². The lowest BCUT2D eigenvalue weighted by molar-refractivity contribution is -0.115. The van der Waals surface area contributed by atoms with Crippen LogP contribution in [-0.4, -0.2) is 5.91 Å². The molecule has 3 aromatic rings. The van der Waals surface area contributed by atoms with Gasteiger partial charge in [-0.15, -0.1) is 0 Å². The smallest absolute Gasteiger partial charge is 0.228 e. The minimum Gasteiger partial charge on any atom is -0.464 e. The fraction of sp³-hybridized carbons (Fsp3) is 0.211. The summed E-state index contributed by atoms with van der Waals surface area (Å²) in [6.07, 6.45) is 2.00. The minimum absolute atomic E-state index is 0.0322. The normalized spacial score (nSPS) is 10.9. The van der Waals surface area contributed by atoms with Crippen LogP contribution in [0, 0.1) is 20.8 Å². The number of furan rings is 1. The van der Waals surface area contributed by atoms with Crippen molar-refractivity contribution in [3.63, 3.8) is 0 Å². The fourth-order valence-corrected chi connectivity index (χ4v) is 2.61. The van der Waals surface area contributed by atoms with E-state index < -0.39 is 0 Å². The number of benzene rings is 2. The van der Waals surface area contributed by atoms with Gasteiger partial charge in [-0.2, -0.15) is 0 Å². The van der Waals surface area contributed by atoms with Crippen LogP contribution in [0.3, 0.4) is 0 Å². The van der Waals surface area contributed by atoms with Crippen LogP contribution in [0.1, 0.15) is 22.3 Å². The molecule has 0 aliphatic carbocycles. The van der Waals surface area contributed by atoms with Crippen LogP contribution in [-0.2, 0) is 11.2 Å². The van der Waals surface area contributed by atoms with Crippen LogP contribution in [0.5, 0.6) is 0 Å². The first-order valence-corrected chi connectivity index (χ1v) is 7.38. The number of para-hydroxylation sites is 1. The number of fused-ring (bicyclic) bond motifs is 1. The second-order valence-electron chi connectivity index (χ2n) is 5.68. The summed E-state index contributed by atoms with van der Waals surface area (Å²) in [5, 5.41) is 3.98. The van der Waals surface area contributed by atoms with Crippen LogP contribution in [0.4, 0.5) is 5.69 Å². The SMILES string of the molecule is Cc1ccccc1NC(=O)Cc1coc2c(C)c(C)ccc12. The highest BCUT2D eigenvalue weighted by Gasteiger charge is 2.13. The topological polar surface area (TPSA) is 42.2 Å². The average Bonchev–Trinajstić information content (AvgIpc) is 2.89. The molecule has 0 aliphatic rings. The number of anilines is 1. The van der Waals surface area contributed by atoms with Crippen LogP contribution >= 0.6 is 0 Å². The molecular weight excluding hydrogens is 274 g/mol. The van der Waals surface area contributed by atoms with Crippen molar-refractivity contribution >= 4 is 22.6 Å². The molecule has 0 saturated heterocycles. The molecule has 1 amide bonds. The zero-order valence-electron chi connectivity index (χ0n) is 13.1. The lowest BCUT2D eigenvalue weighted by atomic mass is 10.0. The monoisotopic (exact) mass is 293 g/mol. The van der Waals surface area contributed by atoms with Crippen molar-refractivity contribution in [2.45, 2.75) is 27.2 Å². The number of carbonyl (C=O) groups excluding carboxylic acids is 1. The van der Waals surface area contributed by atoms with E-state index in [1.807, 2.05) is 44.2 Å². The first kappa shape index (κ1) is 14.4. The molecule has 3 heteroatoms. The van der Waals surface area contributed by atoms with Gasteiger partial charge in [-0.25, -0.2) is 0 Å². The van der Waals surface area contributed by atoms with Crippen molar-refractivity contribution in [2.75, 3.05) is 5.32 Å². The van der Waals surface area contributed by atoms with Crippen molar-refractivity contribution in [3.8, 4) is 0 Å². The Balaban J connectivity index is 1.83. The Morgan fingerprint density at radius 3 is 2.59 bits per heavy atom. The maximum atomic E-state index is 12.3. The van der Waals surface area contributed by atoms with E-state index in [2.05, 4.69) is 18.3 Å². The van der Waals surface area contributed by atoms with Gasteiger partial charge >= 0.3 is 0 Å². The fourth-order valence-electron chi connectivity index (χ4n) is 2.61. The molecule has 0 spiro atoms. The number of hydrogen-bond acceptors (Lipinski definition) is 2. The molecule has 3 nitrogen and oxygen atoms in total. The van der Waals surface area contributed by atoms with Gasteiger partial charge in [0, 0.05) is 16.6 Å². The third kappa shape index (κ3) is 2.62. The number of rotatable bonds is 3. The maximum absolute atomic E-state index is 12.3. The summed E-state index contributed by atoms with van der Waals surface area (Å²) in [5.74, 6) is -0.0322. The van der Waals surface area contributed by atoms with Gasteiger partial charge in [-0.1, -0.05) is 30.3 Å². The van der Waals surface area contributed by atoms with Gasteiger partial charge < -0.3 is 9.73 Å². The molecule has 2 aromatic carbocycles. The van der Waals surface area contributed by atoms with Gasteiger partial charge in [-0.05, 0) is 43.5 Å². The first-order valence-electron chi connectivity index (χ1n) is 7.38. The van der Waals surface area contributed by atoms with Crippen molar-refractivity contribution in [1.29, 1.82) is 0 Å². The van der Waals surface area contributed by atoms with E-state index in [0.29, 0.717) is 6.42 Å². The molecule has 0 aliphatic heterocycles. The maximum Gasteiger partial charge on any atom is 0.228 e. The van der Waals surface area contributed by atoms with Gasteiger partial charge in [0.2, 0.25) is 5.91 Å². The van der Waals surface area contributed by atoms with Gasteiger partial charge in [0.25, 0.3) is 0 Å². The quantitative estimate of drug-likeness (QED) is 0.770. The predicted molar refractivity (Wildman–Crippen MR) is 89.2 cm³/mol.